The van der Waals surface area contributed by atoms with Crippen LogP contribution in [0.25, 0.3) is 10.9 Å². The Morgan fingerprint density at radius 2 is 1.76 bits per heavy atom. The van der Waals surface area contributed by atoms with E-state index in [4.69, 9.17) is 5.73 Å². The summed E-state index contributed by atoms with van der Waals surface area (Å²) in [5, 5.41) is 5.87. The van der Waals surface area contributed by atoms with Gasteiger partial charge >= 0.3 is 0 Å². The molecule has 0 aliphatic carbocycles. The van der Waals surface area contributed by atoms with Crippen LogP contribution in [0.5, 0.6) is 0 Å². The van der Waals surface area contributed by atoms with Gasteiger partial charge in [-0.3, -0.25) is 9.58 Å². The highest BCUT2D eigenvalue weighted by molar-refractivity contribution is 5.81. The molecule has 0 atom stereocenters. The van der Waals surface area contributed by atoms with E-state index < -0.39 is 0 Å². The monoisotopic (exact) mass is 280 g/mol. The minimum Gasteiger partial charge on any atom is -0.399 e. The van der Waals surface area contributed by atoms with Crippen LogP contribution in [-0.2, 0) is 20.1 Å². The number of rotatable bonds is 4. The van der Waals surface area contributed by atoms with Crippen LogP contribution < -0.4 is 5.73 Å². The van der Waals surface area contributed by atoms with Gasteiger partial charge in [0.15, 0.2) is 0 Å². The molecule has 108 valence electrons. The highest BCUT2D eigenvalue weighted by Gasteiger charge is 2.10. The number of aromatic nitrogens is 2. The lowest BCUT2D eigenvalue weighted by molar-refractivity contribution is 0.315. The van der Waals surface area contributed by atoms with Crippen molar-refractivity contribution in [3.8, 4) is 0 Å². The lowest BCUT2D eigenvalue weighted by Gasteiger charge is -2.15. The van der Waals surface area contributed by atoms with Crippen molar-refractivity contribution in [3.63, 3.8) is 0 Å². The molecule has 0 bridgehead atoms. The third kappa shape index (κ3) is 2.90. The normalized spacial score (nSPS) is 11.4. The van der Waals surface area contributed by atoms with Crippen LogP contribution in [-0.4, -0.2) is 21.7 Å². The Bertz CT molecular complexity index is 743. The van der Waals surface area contributed by atoms with Crippen molar-refractivity contribution in [1.29, 1.82) is 0 Å². The lowest BCUT2D eigenvalue weighted by Crippen LogP contribution is -2.17. The van der Waals surface area contributed by atoms with Gasteiger partial charge in [-0.25, -0.2) is 0 Å². The van der Waals surface area contributed by atoms with E-state index >= 15 is 0 Å². The fraction of sp³-hybridized carbons (Fsp3) is 0.235. The van der Waals surface area contributed by atoms with Crippen LogP contribution in [0, 0.1) is 0 Å². The average molecular weight is 280 g/mol. The molecule has 1 heterocycles. The van der Waals surface area contributed by atoms with Crippen LogP contribution in [0.3, 0.4) is 0 Å². The first-order valence-electron chi connectivity index (χ1n) is 7.07. The second-order valence-corrected chi connectivity index (χ2v) is 5.50. The molecule has 0 saturated heterocycles. The van der Waals surface area contributed by atoms with Crippen molar-refractivity contribution >= 4 is 16.6 Å². The maximum atomic E-state index is 5.72. The zero-order valence-electron chi connectivity index (χ0n) is 12.5. The number of nitrogens with zero attached hydrogens (tertiary/aromatic N) is 3. The quantitative estimate of drug-likeness (QED) is 0.748. The largest absolute Gasteiger partial charge is 0.399 e. The summed E-state index contributed by atoms with van der Waals surface area (Å²) in [4.78, 5) is 2.26. The van der Waals surface area contributed by atoms with Gasteiger partial charge in [0.25, 0.3) is 0 Å². The molecular weight excluding hydrogens is 260 g/mol. The van der Waals surface area contributed by atoms with Crippen LogP contribution >= 0.6 is 0 Å². The highest BCUT2D eigenvalue weighted by Crippen LogP contribution is 2.19. The van der Waals surface area contributed by atoms with Gasteiger partial charge in [0.05, 0.1) is 11.2 Å². The van der Waals surface area contributed by atoms with Gasteiger partial charge in [-0.05, 0) is 30.8 Å². The summed E-state index contributed by atoms with van der Waals surface area (Å²) in [7, 11) is 4.10. The van der Waals surface area contributed by atoms with Crippen molar-refractivity contribution in [2.24, 2.45) is 7.05 Å². The highest BCUT2D eigenvalue weighted by atomic mass is 15.3. The molecule has 4 heteroatoms. The van der Waals surface area contributed by atoms with Crippen molar-refractivity contribution in [2.45, 2.75) is 13.1 Å². The number of hydrogen-bond acceptors (Lipinski definition) is 3. The molecular formula is C17H20N4. The SMILES string of the molecule is CN(Cc1ccc(N)cc1)Cc1nn(C)c2ccccc12. The number of benzene rings is 2. The number of para-hydroxylation sites is 1. The van der Waals surface area contributed by atoms with Crippen molar-refractivity contribution < 1.29 is 0 Å². The minimum absolute atomic E-state index is 0.803. The van der Waals surface area contributed by atoms with Gasteiger partial charge in [-0.1, -0.05) is 30.3 Å². The van der Waals surface area contributed by atoms with E-state index in [1.807, 2.05) is 29.9 Å². The molecule has 21 heavy (non-hydrogen) atoms. The molecule has 2 N–H and O–H groups in total. The number of hydrogen-bond donors (Lipinski definition) is 1. The third-order valence-corrected chi connectivity index (χ3v) is 3.69. The molecule has 3 rings (SSSR count). The Kier molecular flexibility index (Phi) is 3.62. The van der Waals surface area contributed by atoms with Crippen molar-refractivity contribution in [1.82, 2.24) is 14.7 Å². The first-order valence-corrected chi connectivity index (χ1v) is 7.07. The number of aryl methyl sites for hydroxylation is 1. The van der Waals surface area contributed by atoms with Crippen molar-refractivity contribution in [3.05, 3.63) is 59.8 Å². The summed E-state index contributed by atoms with van der Waals surface area (Å²) in [6, 6.07) is 16.4. The second kappa shape index (κ2) is 5.58. The van der Waals surface area contributed by atoms with E-state index in [1.54, 1.807) is 0 Å². The molecule has 2 aromatic carbocycles. The molecule has 0 saturated carbocycles. The number of anilines is 1. The standard InChI is InChI=1S/C17H20N4/c1-20(11-13-7-9-14(18)10-8-13)12-16-15-5-3-4-6-17(15)21(2)19-16/h3-10H,11-12,18H2,1-2H3. The summed E-state index contributed by atoms with van der Waals surface area (Å²) in [6.07, 6.45) is 0. The number of nitrogens with two attached hydrogens (primary N) is 1. The van der Waals surface area contributed by atoms with Gasteiger partial charge in [-0.2, -0.15) is 5.10 Å². The van der Waals surface area contributed by atoms with E-state index in [0.717, 1.165) is 24.5 Å². The molecule has 0 aliphatic rings. The molecule has 0 amide bonds. The Morgan fingerprint density at radius 1 is 1.05 bits per heavy atom. The predicted octanol–water partition coefficient (Wildman–Crippen LogP) is 2.79. The van der Waals surface area contributed by atoms with Gasteiger partial charge in [-0.15, -0.1) is 0 Å². The summed E-state index contributed by atoms with van der Waals surface area (Å²) < 4.78 is 1.95. The van der Waals surface area contributed by atoms with E-state index in [0.29, 0.717) is 0 Å². The number of nitrogen functional groups attached to an aromatic ring is 1. The third-order valence-electron chi connectivity index (χ3n) is 3.69. The smallest absolute Gasteiger partial charge is 0.0843 e. The molecule has 1 aromatic heterocycles. The van der Waals surface area contributed by atoms with E-state index in [-0.39, 0.29) is 0 Å². The van der Waals surface area contributed by atoms with E-state index in [1.165, 1.54) is 16.5 Å². The zero-order valence-corrected chi connectivity index (χ0v) is 12.5. The maximum Gasteiger partial charge on any atom is 0.0843 e. The summed E-state index contributed by atoms with van der Waals surface area (Å²) in [5.74, 6) is 0. The molecule has 0 fully saturated rings. The van der Waals surface area contributed by atoms with Crippen molar-refractivity contribution in [2.75, 3.05) is 12.8 Å². The predicted molar refractivity (Wildman–Crippen MR) is 86.7 cm³/mol. The molecule has 0 spiro atoms. The molecule has 0 unspecified atom stereocenters. The van der Waals surface area contributed by atoms with Crippen LogP contribution in [0.4, 0.5) is 5.69 Å². The Hall–Kier alpha value is -2.33. The van der Waals surface area contributed by atoms with Crippen LogP contribution in [0.15, 0.2) is 48.5 Å². The van der Waals surface area contributed by atoms with Crippen LogP contribution in [0.2, 0.25) is 0 Å². The maximum absolute atomic E-state index is 5.72. The molecule has 4 nitrogen and oxygen atoms in total. The molecule has 3 aromatic rings. The Labute approximate surface area is 124 Å². The Morgan fingerprint density at radius 3 is 2.52 bits per heavy atom. The number of fused-ring (bicyclic) bond motifs is 1. The van der Waals surface area contributed by atoms with Gasteiger partial charge < -0.3 is 5.73 Å². The fourth-order valence-electron chi connectivity index (χ4n) is 2.65. The van der Waals surface area contributed by atoms with Crippen LogP contribution in [0.1, 0.15) is 11.3 Å². The molecule has 0 radical (unpaired) electrons. The Balaban J connectivity index is 1.77. The van der Waals surface area contributed by atoms with Gasteiger partial charge in [0.2, 0.25) is 0 Å². The fourth-order valence-corrected chi connectivity index (χ4v) is 2.65. The summed E-state index contributed by atoms with van der Waals surface area (Å²) in [6.45, 7) is 1.71. The first-order chi connectivity index (χ1) is 10.1. The van der Waals surface area contributed by atoms with E-state index in [9.17, 15) is 0 Å². The minimum atomic E-state index is 0.803. The summed E-state index contributed by atoms with van der Waals surface area (Å²) >= 11 is 0. The van der Waals surface area contributed by atoms with Gasteiger partial charge in [0, 0.05) is 31.2 Å². The average Bonchev–Trinajstić information content (AvgIpc) is 2.78. The second-order valence-electron chi connectivity index (χ2n) is 5.50. The molecule has 0 aliphatic heterocycles. The van der Waals surface area contributed by atoms with Gasteiger partial charge in [0.1, 0.15) is 0 Å². The lowest BCUT2D eigenvalue weighted by atomic mass is 10.1. The van der Waals surface area contributed by atoms with E-state index in [2.05, 4.69) is 47.4 Å². The topological polar surface area (TPSA) is 47.1 Å². The summed E-state index contributed by atoms with van der Waals surface area (Å²) in [5.41, 5.74) is 10.1. The zero-order chi connectivity index (χ0) is 14.8. The first kappa shape index (κ1) is 13.6.